The van der Waals surface area contributed by atoms with Crippen LogP contribution < -0.4 is 10.6 Å². The first-order valence-corrected chi connectivity index (χ1v) is 11.0. The first kappa shape index (κ1) is 22.6. The molecular formula is C23H37N5O2. The minimum absolute atomic E-state index is 0.0907. The van der Waals surface area contributed by atoms with Gasteiger partial charge in [-0.2, -0.15) is 0 Å². The number of carbonyl (C=O) groups is 1. The van der Waals surface area contributed by atoms with Gasteiger partial charge in [0.25, 0.3) is 0 Å². The monoisotopic (exact) mass is 415 g/mol. The Kier molecular flexibility index (Phi) is 8.10. The Balaban J connectivity index is 1.43. The molecule has 2 aliphatic heterocycles. The third-order valence-corrected chi connectivity index (χ3v) is 6.55. The van der Waals surface area contributed by atoms with Crippen molar-refractivity contribution in [1.29, 1.82) is 0 Å². The number of ether oxygens (including phenoxy) is 1. The summed E-state index contributed by atoms with van der Waals surface area (Å²) in [6.45, 7) is 4.79. The Morgan fingerprint density at radius 1 is 1.23 bits per heavy atom. The van der Waals surface area contributed by atoms with Gasteiger partial charge in [-0.3, -0.25) is 9.79 Å². The molecule has 1 aromatic carbocycles. The van der Waals surface area contributed by atoms with Gasteiger partial charge in [0.1, 0.15) is 0 Å². The van der Waals surface area contributed by atoms with Gasteiger partial charge in [0.15, 0.2) is 5.96 Å². The number of carbonyl (C=O) groups excluding carboxylic acids is 1. The molecule has 2 aliphatic rings. The molecule has 30 heavy (non-hydrogen) atoms. The fourth-order valence-corrected chi connectivity index (χ4v) is 4.36. The number of nitrogens with zero attached hydrogens (tertiary/aromatic N) is 3. The van der Waals surface area contributed by atoms with Gasteiger partial charge in [0.2, 0.25) is 5.91 Å². The lowest BCUT2D eigenvalue weighted by Crippen LogP contribution is -2.57. The molecule has 2 N–H and O–H groups in total. The summed E-state index contributed by atoms with van der Waals surface area (Å²) in [5.41, 5.74) is 1.37. The largest absolute Gasteiger partial charge is 0.381 e. The van der Waals surface area contributed by atoms with Gasteiger partial charge in [-0.05, 0) is 38.9 Å². The minimum Gasteiger partial charge on any atom is -0.381 e. The van der Waals surface area contributed by atoms with Crippen LogP contribution in [-0.2, 0) is 16.0 Å². The molecule has 0 aromatic heterocycles. The molecule has 3 rings (SSSR count). The zero-order valence-electron chi connectivity index (χ0n) is 18.7. The van der Waals surface area contributed by atoms with Crippen LogP contribution in [0.5, 0.6) is 0 Å². The zero-order chi connectivity index (χ0) is 21.4. The molecule has 0 aliphatic carbocycles. The van der Waals surface area contributed by atoms with Crippen LogP contribution in [0, 0.1) is 5.92 Å². The minimum atomic E-state index is 0.0907. The molecule has 1 unspecified atom stereocenters. The van der Waals surface area contributed by atoms with E-state index in [0.29, 0.717) is 12.3 Å². The van der Waals surface area contributed by atoms with Gasteiger partial charge in [0.05, 0.1) is 0 Å². The maximum absolute atomic E-state index is 12.4. The Bertz CT molecular complexity index is 701. The average Bonchev–Trinajstić information content (AvgIpc) is 3.13. The summed E-state index contributed by atoms with van der Waals surface area (Å²) in [5, 5.41) is 6.93. The summed E-state index contributed by atoms with van der Waals surface area (Å²) in [6, 6.07) is 10.4. The van der Waals surface area contributed by atoms with Crippen LogP contribution in [0.3, 0.4) is 0 Å². The molecule has 0 saturated carbocycles. The first-order valence-electron chi connectivity index (χ1n) is 11.0. The van der Waals surface area contributed by atoms with Gasteiger partial charge >= 0.3 is 0 Å². The van der Waals surface area contributed by atoms with E-state index in [1.165, 1.54) is 5.56 Å². The van der Waals surface area contributed by atoms with Crippen LogP contribution in [-0.4, -0.2) is 87.7 Å². The second-order valence-electron chi connectivity index (χ2n) is 8.68. The highest BCUT2D eigenvalue weighted by Crippen LogP contribution is 2.25. The first-order chi connectivity index (χ1) is 14.5. The molecule has 2 saturated heterocycles. The quantitative estimate of drug-likeness (QED) is 0.496. The van der Waals surface area contributed by atoms with E-state index in [-0.39, 0.29) is 11.4 Å². The highest BCUT2D eigenvalue weighted by Gasteiger charge is 2.35. The van der Waals surface area contributed by atoms with E-state index in [1.54, 1.807) is 7.05 Å². The standard InChI is InChI=1S/C23H37N5O2/c1-24-22(26-18-23(27(2)3)10-13-30-14-11-23)25-16-20-15-21(29)28(17-20)12-9-19-7-5-4-6-8-19/h4-8,20H,9-18H2,1-3H3,(H2,24,25,26). The van der Waals surface area contributed by atoms with Crippen LogP contribution in [0.25, 0.3) is 0 Å². The molecule has 1 aromatic rings. The van der Waals surface area contributed by atoms with Crippen LogP contribution in [0.15, 0.2) is 35.3 Å². The number of aliphatic imine (C=N–C) groups is 1. The average molecular weight is 416 g/mol. The summed E-state index contributed by atoms with van der Waals surface area (Å²) in [4.78, 5) is 21.1. The number of benzene rings is 1. The van der Waals surface area contributed by atoms with Crippen molar-refractivity contribution in [2.45, 2.75) is 31.2 Å². The fourth-order valence-electron chi connectivity index (χ4n) is 4.36. The van der Waals surface area contributed by atoms with Crippen molar-refractivity contribution in [2.75, 3.05) is 60.5 Å². The van der Waals surface area contributed by atoms with Gasteiger partial charge in [0, 0.05) is 64.3 Å². The van der Waals surface area contributed by atoms with Crippen molar-refractivity contribution in [3.05, 3.63) is 35.9 Å². The second kappa shape index (κ2) is 10.8. The van der Waals surface area contributed by atoms with Crippen LogP contribution >= 0.6 is 0 Å². The van der Waals surface area contributed by atoms with Gasteiger partial charge < -0.3 is 25.2 Å². The Hall–Kier alpha value is -2.12. The predicted octanol–water partition coefficient (Wildman–Crippen LogP) is 1.35. The van der Waals surface area contributed by atoms with E-state index in [4.69, 9.17) is 4.74 Å². The summed E-state index contributed by atoms with van der Waals surface area (Å²) >= 11 is 0. The number of amides is 1. The van der Waals surface area contributed by atoms with E-state index >= 15 is 0 Å². The third kappa shape index (κ3) is 5.95. The van der Waals surface area contributed by atoms with Gasteiger partial charge in [-0.1, -0.05) is 30.3 Å². The third-order valence-electron chi connectivity index (χ3n) is 6.55. The van der Waals surface area contributed by atoms with E-state index in [2.05, 4.69) is 46.8 Å². The molecule has 7 heteroatoms. The van der Waals surface area contributed by atoms with E-state index < -0.39 is 0 Å². The Labute approximate surface area is 180 Å². The highest BCUT2D eigenvalue weighted by molar-refractivity contribution is 5.81. The predicted molar refractivity (Wildman–Crippen MR) is 121 cm³/mol. The number of nitrogens with one attached hydrogen (secondary N) is 2. The molecule has 166 valence electrons. The van der Waals surface area contributed by atoms with Crippen LogP contribution in [0.4, 0.5) is 0 Å². The van der Waals surface area contributed by atoms with Gasteiger partial charge in [-0.25, -0.2) is 0 Å². The van der Waals surface area contributed by atoms with Crippen molar-refractivity contribution < 1.29 is 9.53 Å². The summed E-state index contributed by atoms with van der Waals surface area (Å²) in [6.07, 6.45) is 3.54. The number of hydrogen-bond donors (Lipinski definition) is 2. The maximum atomic E-state index is 12.4. The van der Waals surface area contributed by atoms with Gasteiger partial charge in [-0.15, -0.1) is 0 Å². The smallest absolute Gasteiger partial charge is 0.223 e. The molecule has 1 amide bonds. The van der Waals surface area contributed by atoms with Crippen molar-refractivity contribution in [1.82, 2.24) is 20.4 Å². The molecule has 0 bridgehead atoms. The Morgan fingerprint density at radius 2 is 1.97 bits per heavy atom. The fraction of sp³-hybridized carbons (Fsp3) is 0.652. The van der Waals surface area contributed by atoms with Crippen molar-refractivity contribution >= 4 is 11.9 Å². The second-order valence-corrected chi connectivity index (χ2v) is 8.68. The van der Waals surface area contributed by atoms with Crippen molar-refractivity contribution in [2.24, 2.45) is 10.9 Å². The molecule has 0 radical (unpaired) electrons. The zero-order valence-corrected chi connectivity index (χ0v) is 18.7. The number of hydrogen-bond acceptors (Lipinski definition) is 4. The molecule has 7 nitrogen and oxygen atoms in total. The number of likely N-dealkylation sites (tertiary alicyclic amines) is 1. The van der Waals surface area contributed by atoms with E-state index in [9.17, 15) is 4.79 Å². The SMILES string of the molecule is CN=C(NCC1CC(=O)N(CCc2ccccc2)C1)NCC1(N(C)C)CCOCC1. The maximum Gasteiger partial charge on any atom is 0.223 e. The topological polar surface area (TPSA) is 69.2 Å². The van der Waals surface area contributed by atoms with E-state index in [1.807, 2.05) is 23.1 Å². The lowest BCUT2D eigenvalue weighted by Gasteiger charge is -2.43. The van der Waals surface area contributed by atoms with Crippen LogP contribution in [0.2, 0.25) is 0 Å². The number of guanidine groups is 1. The van der Waals surface area contributed by atoms with Crippen LogP contribution in [0.1, 0.15) is 24.8 Å². The number of rotatable bonds is 8. The normalized spacial score (nSPS) is 21.9. The van der Waals surface area contributed by atoms with Crippen molar-refractivity contribution in [3.8, 4) is 0 Å². The molecule has 2 heterocycles. The number of likely N-dealkylation sites (N-methyl/N-ethyl adjacent to an activating group) is 1. The molecular weight excluding hydrogens is 378 g/mol. The lowest BCUT2D eigenvalue weighted by atomic mass is 9.88. The summed E-state index contributed by atoms with van der Waals surface area (Å²) < 4.78 is 5.55. The Morgan fingerprint density at radius 3 is 2.63 bits per heavy atom. The van der Waals surface area contributed by atoms with E-state index in [0.717, 1.165) is 64.6 Å². The lowest BCUT2D eigenvalue weighted by molar-refractivity contribution is -0.127. The van der Waals surface area contributed by atoms with Crippen molar-refractivity contribution in [3.63, 3.8) is 0 Å². The molecule has 1 atom stereocenters. The highest BCUT2D eigenvalue weighted by atomic mass is 16.5. The summed E-state index contributed by atoms with van der Waals surface area (Å²) in [5.74, 6) is 1.38. The molecule has 2 fully saturated rings. The molecule has 0 spiro atoms. The summed E-state index contributed by atoms with van der Waals surface area (Å²) in [7, 11) is 6.07.